The van der Waals surface area contributed by atoms with E-state index in [1.54, 1.807) is 0 Å². The van der Waals surface area contributed by atoms with Gasteiger partial charge >= 0.3 is 0 Å². The molecule has 1 fully saturated rings. The molecule has 2 aromatic carbocycles. The molecule has 180 valence electrons. The fourth-order valence-corrected chi connectivity index (χ4v) is 5.47. The maximum atomic E-state index is 6.59. The van der Waals surface area contributed by atoms with Crippen molar-refractivity contribution in [2.45, 2.75) is 110 Å². The average Bonchev–Trinajstić information content (AvgIpc) is 2.85. The van der Waals surface area contributed by atoms with Gasteiger partial charge in [-0.1, -0.05) is 114 Å². The van der Waals surface area contributed by atoms with Gasteiger partial charge in [-0.25, -0.2) is 0 Å². The Morgan fingerprint density at radius 3 is 2.52 bits per heavy atom. The first-order valence-corrected chi connectivity index (χ1v) is 13.5. The Kier molecular flexibility index (Phi) is 10.1. The predicted molar refractivity (Wildman–Crippen MR) is 143 cm³/mol. The van der Waals surface area contributed by atoms with Crippen molar-refractivity contribution in [2.24, 2.45) is 5.92 Å². The molecule has 0 unspecified atom stereocenters. The largest absolute Gasteiger partial charge is 0.489 e. The minimum Gasteiger partial charge on any atom is -0.489 e. The number of rotatable bonds is 12. The Labute approximate surface area is 203 Å². The summed E-state index contributed by atoms with van der Waals surface area (Å²) in [6.45, 7) is 9.88. The SMILES string of the molecule is CC=CC[C@@H]1CCCC[C@H]1c1ccc(C(C)(C)CCCCCC)cc1OCc1ccccc1. The lowest BCUT2D eigenvalue weighted by Gasteiger charge is -2.33. The van der Waals surface area contributed by atoms with Gasteiger partial charge in [-0.15, -0.1) is 0 Å². The molecule has 33 heavy (non-hydrogen) atoms. The van der Waals surface area contributed by atoms with Crippen LogP contribution in [0.15, 0.2) is 60.7 Å². The standard InChI is InChI=1S/C32H46O/c1-5-7-9-15-23-32(3,4)28-21-22-30(29-20-14-13-19-27(29)18-8-6-2)31(24-28)33-25-26-16-11-10-12-17-26/h6,8,10-12,16-17,21-22,24,27,29H,5,7,9,13-15,18-20,23,25H2,1-4H3/t27-,29-/m1/s1. The quantitative estimate of drug-likeness (QED) is 0.233. The van der Waals surface area contributed by atoms with Gasteiger partial charge < -0.3 is 4.74 Å². The highest BCUT2D eigenvalue weighted by Gasteiger charge is 2.29. The van der Waals surface area contributed by atoms with Crippen molar-refractivity contribution in [3.8, 4) is 5.75 Å². The normalized spacial score (nSPS) is 19.2. The highest BCUT2D eigenvalue weighted by Crippen LogP contribution is 2.45. The van der Waals surface area contributed by atoms with Crippen LogP contribution < -0.4 is 4.74 Å². The van der Waals surface area contributed by atoms with Crippen molar-refractivity contribution in [2.75, 3.05) is 0 Å². The van der Waals surface area contributed by atoms with Crippen LogP contribution >= 0.6 is 0 Å². The topological polar surface area (TPSA) is 9.23 Å². The third-order valence-corrected chi connectivity index (χ3v) is 7.67. The molecule has 0 aromatic heterocycles. The minimum absolute atomic E-state index is 0.175. The van der Waals surface area contributed by atoms with Crippen molar-refractivity contribution in [1.82, 2.24) is 0 Å². The maximum Gasteiger partial charge on any atom is 0.123 e. The third kappa shape index (κ3) is 7.49. The molecule has 0 aliphatic heterocycles. The summed E-state index contributed by atoms with van der Waals surface area (Å²) >= 11 is 0. The van der Waals surface area contributed by atoms with Gasteiger partial charge in [0.05, 0.1) is 0 Å². The molecule has 3 rings (SSSR count). The van der Waals surface area contributed by atoms with Gasteiger partial charge in [0.2, 0.25) is 0 Å². The zero-order valence-electron chi connectivity index (χ0n) is 21.6. The second kappa shape index (κ2) is 13.0. The van der Waals surface area contributed by atoms with E-state index in [-0.39, 0.29) is 5.41 Å². The molecule has 0 spiro atoms. The molecule has 1 aliphatic carbocycles. The molecule has 1 nitrogen and oxygen atoms in total. The van der Waals surface area contributed by atoms with Crippen LogP contribution in [0.25, 0.3) is 0 Å². The van der Waals surface area contributed by atoms with Gasteiger partial charge in [-0.3, -0.25) is 0 Å². The van der Waals surface area contributed by atoms with Crippen LogP contribution in [-0.4, -0.2) is 0 Å². The van der Waals surface area contributed by atoms with E-state index < -0.39 is 0 Å². The first-order valence-electron chi connectivity index (χ1n) is 13.5. The van der Waals surface area contributed by atoms with Crippen molar-refractivity contribution in [3.63, 3.8) is 0 Å². The number of ether oxygens (including phenoxy) is 1. The lowest BCUT2D eigenvalue weighted by atomic mass is 9.72. The molecule has 1 saturated carbocycles. The lowest BCUT2D eigenvalue weighted by molar-refractivity contribution is 0.274. The minimum atomic E-state index is 0.175. The van der Waals surface area contributed by atoms with E-state index in [4.69, 9.17) is 4.74 Å². The zero-order valence-corrected chi connectivity index (χ0v) is 21.6. The maximum absolute atomic E-state index is 6.59. The van der Waals surface area contributed by atoms with E-state index in [1.165, 1.54) is 80.9 Å². The molecule has 1 aliphatic rings. The van der Waals surface area contributed by atoms with Gasteiger partial charge in [-0.2, -0.15) is 0 Å². The fraction of sp³-hybridized carbons (Fsp3) is 0.562. The summed E-state index contributed by atoms with van der Waals surface area (Å²) < 4.78 is 6.59. The number of hydrogen-bond acceptors (Lipinski definition) is 1. The Balaban J connectivity index is 1.87. The molecule has 0 radical (unpaired) electrons. The van der Waals surface area contributed by atoms with Crippen molar-refractivity contribution in [1.29, 1.82) is 0 Å². The molecule has 0 saturated heterocycles. The Bertz CT molecular complexity index is 848. The summed E-state index contributed by atoms with van der Waals surface area (Å²) in [4.78, 5) is 0. The van der Waals surface area contributed by atoms with Crippen molar-refractivity contribution >= 4 is 0 Å². The average molecular weight is 447 g/mol. The first-order chi connectivity index (χ1) is 16.0. The summed E-state index contributed by atoms with van der Waals surface area (Å²) in [6.07, 6.45) is 17.6. The van der Waals surface area contributed by atoms with Gasteiger partial charge in [0.25, 0.3) is 0 Å². The van der Waals surface area contributed by atoms with E-state index in [0.29, 0.717) is 12.5 Å². The number of unbranched alkanes of at least 4 members (excludes halogenated alkanes) is 3. The zero-order chi connectivity index (χ0) is 23.5. The second-order valence-electron chi connectivity index (χ2n) is 10.7. The Hall–Kier alpha value is -2.02. The van der Waals surface area contributed by atoms with Gasteiger partial charge in [-0.05, 0) is 72.6 Å². The van der Waals surface area contributed by atoms with Crippen LogP contribution in [0, 0.1) is 5.92 Å². The van der Waals surface area contributed by atoms with E-state index in [9.17, 15) is 0 Å². The van der Waals surface area contributed by atoms with Crippen molar-refractivity contribution < 1.29 is 4.74 Å². The molecule has 2 atom stereocenters. The third-order valence-electron chi connectivity index (χ3n) is 7.67. The van der Waals surface area contributed by atoms with Crippen LogP contribution in [0.1, 0.15) is 115 Å². The molecule has 0 heterocycles. The second-order valence-corrected chi connectivity index (χ2v) is 10.7. The molecule has 2 aromatic rings. The van der Waals surface area contributed by atoms with E-state index in [2.05, 4.69) is 88.4 Å². The molecule has 0 N–H and O–H groups in total. The van der Waals surface area contributed by atoms with E-state index in [1.807, 2.05) is 0 Å². The van der Waals surface area contributed by atoms with E-state index in [0.717, 1.165) is 11.7 Å². The summed E-state index contributed by atoms with van der Waals surface area (Å²) in [7, 11) is 0. The summed E-state index contributed by atoms with van der Waals surface area (Å²) in [5.41, 5.74) is 4.27. The van der Waals surface area contributed by atoms with Crippen LogP contribution in [0.4, 0.5) is 0 Å². The number of hydrogen-bond donors (Lipinski definition) is 0. The van der Waals surface area contributed by atoms with Gasteiger partial charge in [0.1, 0.15) is 12.4 Å². The summed E-state index contributed by atoms with van der Waals surface area (Å²) in [5.74, 6) is 2.44. The highest BCUT2D eigenvalue weighted by molar-refractivity contribution is 5.43. The molecule has 0 bridgehead atoms. The predicted octanol–water partition coefficient (Wildman–Crippen LogP) is 9.75. The van der Waals surface area contributed by atoms with Crippen LogP contribution in [0.3, 0.4) is 0 Å². The fourth-order valence-electron chi connectivity index (χ4n) is 5.47. The van der Waals surface area contributed by atoms with Crippen LogP contribution in [-0.2, 0) is 12.0 Å². The summed E-state index contributed by atoms with van der Waals surface area (Å²) in [6, 6.07) is 17.8. The molecule has 0 amide bonds. The Morgan fingerprint density at radius 2 is 1.76 bits per heavy atom. The highest BCUT2D eigenvalue weighted by atomic mass is 16.5. The summed E-state index contributed by atoms with van der Waals surface area (Å²) in [5, 5.41) is 0. The van der Waals surface area contributed by atoms with Gasteiger partial charge in [0, 0.05) is 0 Å². The lowest BCUT2D eigenvalue weighted by Crippen LogP contribution is -2.20. The van der Waals surface area contributed by atoms with Crippen LogP contribution in [0.5, 0.6) is 5.75 Å². The number of benzene rings is 2. The monoisotopic (exact) mass is 446 g/mol. The Morgan fingerprint density at radius 1 is 0.970 bits per heavy atom. The molecular formula is C32H46O. The molecular weight excluding hydrogens is 400 g/mol. The first kappa shape index (κ1) is 25.6. The number of allylic oxidation sites excluding steroid dienone is 2. The van der Waals surface area contributed by atoms with Gasteiger partial charge in [0.15, 0.2) is 0 Å². The molecule has 1 heteroatoms. The van der Waals surface area contributed by atoms with Crippen LogP contribution in [0.2, 0.25) is 0 Å². The smallest absolute Gasteiger partial charge is 0.123 e. The van der Waals surface area contributed by atoms with Crippen molar-refractivity contribution in [3.05, 3.63) is 77.4 Å². The van der Waals surface area contributed by atoms with E-state index >= 15 is 0 Å².